The van der Waals surface area contributed by atoms with Crippen molar-refractivity contribution in [3.8, 4) is 0 Å². The summed E-state index contributed by atoms with van der Waals surface area (Å²) in [5.41, 5.74) is 0.298. The summed E-state index contributed by atoms with van der Waals surface area (Å²) in [5.74, 6) is -1.81. The first kappa shape index (κ1) is 16.8. The van der Waals surface area contributed by atoms with E-state index in [4.69, 9.17) is 14.2 Å². The molecule has 1 aliphatic heterocycles. The predicted molar refractivity (Wildman–Crippen MR) is 73.7 cm³/mol. The zero-order chi connectivity index (χ0) is 16.3. The summed E-state index contributed by atoms with van der Waals surface area (Å²) in [6, 6.07) is 8.15. The Labute approximate surface area is 127 Å². The van der Waals surface area contributed by atoms with Crippen molar-refractivity contribution in [1.29, 1.82) is 0 Å². The molecular formula is C15H19FO6. The molecule has 0 aliphatic carbocycles. The molecule has 1 heterocycles. The minimum atomic E-state index is -1.96. The minimum Gasteiger partial charge on any atom is -0.459 e. The third-order valence-corrected chi connectivity index (χ3v) is 3.18. The molecule has 0 radical (unpaired) electrons. The van der Waals surface area contributed by atoms with E-state index in [0.29, 0.717) is 5.56 Å². The molecule has 0 spiro atoms. The van der Waals surface area contributed by atoms with Crippen molar-refractivity contribution < 1.29 is 33.6 Å². The highest BCUT2D eigenvalue weighted by Gasteiger charge is 2.47. The lowest BCUT2D eigenvalue weighted by Gasteiger charge is -2.22. The fourth-order valence-corrected chi connectivity index (χ4v) is 2.12. The maximum absolute atomic E-state index is 14.1. The van der Waals surface area contributed by atoms with E-state index in [9.17, 15) is 19.4 Å². The van der Waals surface area contributed by atoms with Crippen molar-refractivity contribution in [2.24, 2.45) is 0 Å². The van der Waals surface area contributed by atoms with E-state index in [-0.39, 0.29) is 0 Å². The van der Waals surface area contributed by atoms with Crippen molar-refractivity contribution in [2.75, 3.05) is 6.61 Å². The van der Waals surface area contributed by atoms with Crippen LogP contribution in [-0.4, -0.2) is 53.2 Å². The van der Waals surface area contributed by atoms with Crippen LogP contribution in [0.25, 0.3) is 0 Å². The first-order valence-corrected chi connectivity index (χ1v) is 6.88. The van der Waals surface area contributed by atoms with Crippen LogP contribution >= 0.6 is 0 Å². The van der Waals surface area contributed by atoms with Crippen molar-refractivity contribution in [2.45, 2.75) is 44.3 Å². The summed E-state index contributed by atoms with van der Waals surface area (Å²) in [4.78, 5) is 11.7. The molecule has 0 amide bonds. The fourth-order valence-electron chi connectivity index (χ4n) is 2.12. The summed E-state index contributed by atoms with van der Waals surface area (Å²) >= 11 is 0. The molecule has 22 heavy (non-hydrogen) atoms. The highest BCUT2D eigenvalue weighted by molar-refractivity contribution is 5.89. The Morgan fingerprint density at radius 3 is 2.55 bits per heavy atom. The number of benzene rings is 1. The average molecular weight is 314 g/mol. The van der Waals surface area contributed by atoms with Crippen LogP contribution in [0.2, 0.25) is 0 Å². The van der Waals surface area contributed by atoms with Crippen LogP contribution in [0.4, 0.5) is 4.39 Å². The number of hydrogen-bond acceptors (Lipinski definition) is 6. The second-order valence-corrected chi connectivity index (χ2v) is 5.47. The number of aliphatic hydroxyl groups is 2. The molecule has 7 heteroatoms. The summed E-state index contributed by atoms with van der Waals surface area (Å²) in [5, 5.41) is 19.4. The van der Waals surface area contributed by atoms with Gasteiger partial charge in [0.25, 0.3) is 0 Å². The molecule has 0 bridgehead atoms. The van der Waals surface area contributed by atoms with Gasteiger partial charge in [-0.2, -0.15) is 0 Å². The van der Waals surface area contributed by atoms with Crippen LogP contribution in [0.15, 0.2) is 30.3 Å². The van der Waals surface area contributed by atoms with E-state index in [1.807, 2.05) is 0 Å². The van der Waals surface area contributed by atoms with E-state index in [1.165, 1.54) is 13.8 Å². The molecule has 4 atom stereocenters. The van der Waals surface area contributed by atoms with Crippen molar-refractivity contribution in [3.05, 3.63) is 35.9 Å². The molecule has 1 aliphatic rings. The highest BCUT2D eigenvalue weighted by Crippen LogP contribution is 2.30. The number of carbonyl (C=O) groups excluding carboxylic acids is 1. The van der Waals surface area contributed by atoms with Gasteiger partial charge in [-0.25, -0.2) is 9.18 Å². The van der Waals surface area contributed by atoms with Gasteiger partial charge in [-0.15, -0.1) is 0 Å². The molecule has 1 fully saturated rings. The molecule has 2 rings (SSSR count). The number of carbonyl (C=O) groups is 1. The lowest BCUT2D eigenvalue weighted by Crippen LogP contribution is -2.42. The third kappa shape index (κ3) is 4.01. The van der Waals surface area contributed by atoms with E-state index in [2.05, 4.69) is 0 Å². The Balaban J connectivity index is 1.87. The van der Waals surface area contributed by atoms with Gasteiger partial charge in [-0.3, -0.25) is 0 Å². The topological polar surface area (TPSA) is 85.2 Å². The summed E-state index contributed by atoms with van der Waals surface area (Å²) < 4.78 is 29.2. The van der Waals surface area contributed by atoms with Gasteiger partial charge in [0.1, 0.15) is 18.8 Å². The zero-order valence-corrected chi connectivity index (χ0v) is 12.3. The van der Waals surface area contributed by atoms with Crippen molar-refractivity contribution in [3.63, 3.8) is 0 Å². The molecule has 122 valence electrons. The normalized spacial score (nSPS) is 26.4. The quantitative estimate of drug-likeness (QED) is 0.789. The Bertz CT molecular complexity index is 506. The summed E-state index contributed by atoms with van der Waals surface area (Å²) in [6.07, 6.45) is -6.44. The second kappa shape index (κ2) is 6.70. The fraction of sp³-hybridized carbons (Fsp3) is 0.533. The second-order valence-electron chi connectivity index (χ2n) is 5.47. The number of rotatable bonds is 5. The smallest absolute Gasteiger partial charge is 0.338 e. The summed E-state index contributed by atoms with van der Waals surface area (Å²) in [6.45, 7) is 2.48. The molecule has 1 aromatic rings. The van der Waals surface area contributed by atoms with Gasteiger partial charge in [-0.05, 0) is 26.0 Å². The third-order valence-electron chi connectivity index (χ3n) is 3.18. The van der Waals surface area contributed by atoms with Gasteiger partial charge in [0.15, 0.2) is 18.2 Å². The Morgan fingerprint density at radius 1 is 1.36 bits per heavy atom. The molecular weight excluding hydrogens is 295 g/mol. The van der Waals surface area contributed by atoms with Gasteiger partial charge in [0.05, 0.1) is 5.56 Å². The SMILES string of the molecule is CC1(C)O[C@@H](O)[C@@H](C(F)[C@H](O)COC(=O)c2ccccc2)O1. The van der Waals surface area contributed by atoms with Crippen molar-refractivity contribution in [1.82, 2.24) is 0 Å². The summed E-state index contributed by atoms with van der Waals surface area (Å²) in [7, 11) is 0. The first-order chi connectivity index (χ1) is 10.3. The Hall–Kier alpha value is -1.54. The monoisotopic (exact) mass is 314 g/mol. The molecule has 2 N–H and O–H groups in total. The molecule has 6 nitrogen and oxygen atoms in total. The van der Waals surface area contributed by atoms with E-state index in [1.54, 1.807) is 30.3 Å². The van der Waals surface area contributed by atoms with E-state index in [0.717, 1.165) is 0 Å². The average Bonchev–Trinajstić information content (AvgIpc) is 2.77. The number of aliphatic hydroxyl groups excluding tert-OH is 2. The molecule has 1 aromatic carbocycles. The number of halogens is 1. The van der Waals surface area contributed by atoms with Gasteiger partial charge >= 0.3 is 5.97 Å². The first-order valence-electron chi connectivity index (χ1n) is 6.88. The molecule has 0 aromatic heterocycles. The van der Waals surface area contributed by atoms with Gasteiger partial charge in [0, 0.05) is 0 Å². The van der Waals surface area contributed by atoms with Crippen LogP contribution in [-0.2, 0) is 14.2 Å². The largest absolute Gasteiger partial charge is 0.459 e. The maximum Gasteiger partial charge on any atom is 0.338 e. The van der Waals surface area contributed by atoms with E-state index >= 15 is 0 Å². The highest BCUT2D eigenvalue weighted by atomic mass is 19.1. The number of esters is 1. The van der Waals surface area contributed by atoms with Gasteiger partial charge in [-0.1, -0.05) is 18.2 Å². The van der Waals surface area contributed by atoms with Crippen LogP contribution < -0.4 is 0 Å². The Kier molecular flexibility index (Phi) is 5.12. The van der Waals surface area contributed by atoms with E-state index < -0.39 is 43.0 Å². The number of hydrogen-bond donors (Lipinski definition) is 2. The predicted octanol–water partition coefficient (Wildman–Crippen LogP) is 1.01. The molecule has 1 unspecified atom stereocenters. The standard InChI is InChI=1S/C15H19FO6/c1-15(2)21-12(14(19)22-15)11(16)10(17)8-20-13(18)9-6-4-3-5-7-9/h3-7,10-12,14,17,19H,8H2,1-2H3/t10-,11?,12-,14-/m1/s1. The molecule has 0 saturated carbocycles. The lowest BCUT2D eigenvalue weighted by molar-refractivity contribution is -0.175. The van der Waals surface area contributed by atoms with Crippen molar-refractivity contribution >= 4 is 5.97 Å². The minimum absolute atomic E-state index is 0.298. The Morgan fingerprint density at radius 2 is 2.00 bits per heavy atom. The number of ether oxygens (including phenoxy) is 3. The molecule has 1 saturated heterocycles. The van der Waals surface area contributed by atoms with Crippen LogP contribution in [0.1, 0.15) is 24.2 Å². The van der Waals surface area contributed by atoms with Crippen LogP contribution in [0.5, 0.6) is 0 Å². The van der Waals surface area contributed by atoms with Gasteiger partial charge < -0.3 is 24.4 Å². The van der Waals surface area contributed by atoms with Crippen LogP contribution in [0, 0.1) is 0 Å². The van der Waals surface area contributed by atoms with Crippen LogP contribution in [0.3, 0.4) is 0 Å². The van der Waals surface area contributed by atoms with Gasteiger partial charge in [0.2, 0.25) is 0 Å². The number of alkyl halides is 1. The zero-order valence-electron chi connectivity index (χ0n) is 12.3. The maximum atomic E-state index is 14.1. The lowest BCUT2D eigenvalue weighted by atomic mass is 10.1.